The monoisotopic (exact) mass is 328 g/mol. The van der Waals surface area contributed by atoms with Gasteiger partial charge in [0, 0.05) is 37.1 Å². The highest BCUT2D eigenvalue weighted by molar-refractivity contribution is 5.95. The van der Waals surface area contributed by atoms with Gasteiger partial charge in [-0.3, -0.25) is 23.9 Å². The average Bonchev–Trinajstić information content (AvgIpc) is 2.93. The molecule has 0 bridgehead atoms. The minimum Gasteiger partial charge on any atom is -0.325 e. The molecule has 3 rings (SSSR count). The molecule has 0 fully saturated rings. The van der Waals surface area contributed by atoms with Crippen molar-refractivity contribution >= 4 is 23.2 Å². The van der Waals surface area contributed by atoms with Gasteiger partial charge in [-0.15, -0.1) is 0 Å². The molecule has 1 aliphatic rings. The number of carbonyl (C=O) groups is 2. The van der Waals surface area contributed by atoms with Crippen molar-refractivity contribution in [2.24, 2.45) is 0 Å². The smallest absolute Gasteiger partial charge is 0.325 e. The second-order valence-corrected chi connectivity index (χ2v) is 5.55. The van der Waals surface area contributed by atoms with Gasteiger partial charge in [0.1, 0.15) is 6.54 Å². The molecule has 0 aliphatic carbocycles. The summed E-state index contributed by atoms with van der Waals surface area (Å²) in [6, 6.07) is 6.52. The van der Waals surface area contributed by atoms with E-state index in [-0.39, 0.29) is 18.4 Å². The van der Waals surface area contributed by atoms with E-state index in [0.717, 1.165) is 22.2 Å². The third kappa shape index (κ3) is 3.12. The topological polar surface area (TPSA) is 104 Å². The molecule has 2 N–H and O–H groups in total. The van der Waals surface area contributed by atoms with Gasteiger partial charge in [0.05, 0.1) is 0 Å². The van der Waals surface area contributed by atoms with Crippen molar-refractivity contribution in [1.29, 1.82) is 0 Å². The van der Waals surface area contributed by atoms with Gasteiger partial charge in [-0.05, 0) is 30.2 Å². The van der Waals surface area contributed by atoms with Gasteiger partial charge in [-0.25, -0.2) is 4.79 Å². The molecule has 0 atom stereocenters. The third-order valence-electron chi connectivity index (χ3n) is 3.85. The van der Waals surface area contributed by atoms with Crippen molar-refractivity contribution in [3.8, 4) is 0 Å². The summed E-state index contributed by atoms with van der Waals surface area (Å²) in [5, 5.41) is 2.71. The number of aromatic nitrogens is 2. The molecule has 2 amide bonds. The first kappa shape index (κ1) is 15.7. The minimum absolute atomic E-state index is 0.0111. The van der Waals surface area contributed by atoms with E-state index in [1.807, 2.05) is 6.07 Å². The molecule has 0 unspecified atom stereocenters. The molecule has 0 spiro atoms. The lowest BCUT2D eigenvalue weighted by Crippen LogP contribution is -2.32. The number of amides is 2. The van der Waals surface area contributed by atoms with Gasteiger partial charge in [-0.2, -0.15) is 0 Å². The predicted molar refractivity (Wildman–Crippen MR) is 88.1 cm³/mol. The Bertz CT molecular complexity index is 928. The van der Waals surface area contributed by atoms with E-state index >= 15 is 0 Å². The fourth-order valence-electron chi connectivity index (χ4n) is 2.73. The van der Waals surface area contributed by atoms with Crippen LogP contribution in [-0.2, 0) is 22.6 Å². The largest absolute Gasteiger partial charge is 0.328 e. The van der Waals surface area contributed by atoms with Gasteiger partial charge in [0.15, 0.2) is 0 Å². The maximum atomic E-state index is 12.1. The second-order valence-electron chi connectivity index (χ2n) is 5.55. The van der Waals surface area contributed by atoms with Crippen molar-refractivity contribution in [2.45, 2.75) is 19.9 Å². The van der Waals surface area contributed by atoms with Crippen molar-refractivity contribution in [2.75, 3.05) is 16.8 Å². The number of rotatable bonds is 3. The highest BCUT2D eigenvalue weighted by Gasteiger charge is 2.22. The van der Waals surface area contributed by atoms with Gasteiger partial charge in [-0.1, -0.05) is 0 Å². The molecule has 8 nitrogen and oxygen atoms in total. The molecule has 1 aliphatic heterocycles. The van der Waals surface area contributed by atoms with E-state index in [1.165, 1.54) is 19.2 Å². The van der Waals surface area contributed by atoms with Crippen molar-refractivity contribution in [3.05, 3.63) is 56.9 Å². The summed E-state index contributed by atoms with van der Waals surface area (Å²) in [6.07, 6.45) is 2.01. The van der Waals surface area contributed by atoms with E-state index in [4.69, 9.17) is 0 Å². The lowest BCUT2D eigenvalue weighted by molar-refractivity contribution is -0.117. The number of H-pyrrole nitrogens is 1. The number of nitrogens with zero attached hydrogens (tertiary/aromatic N) is 2. The first-order chi connectivity index (χ1) is 11.4. The molecule has 0 radical (unpaired) electrons. The number of aromatic amines is 1. The van der Waals surface area contributed by atoms with Crippen LogP contribution >= 0.6 is 0 Å². The van der Waals surface area contributed by atoms with E-state index in [2.05, 4.69) is 10.3 Å². The van der Waals surface area contributed by atoms with Crippen molar-refractivity contribution in [1.82, 2.24) is 9.55 Å². The quantitative estimate of drug-likeness (QED) is 0.833. The van der Waals surface area contributed by atoms with E-state index in [9.17, 15) is 19.2 Å². The Hall–Kier alpha value is -3.16. The van der Waals surface area contributed by atoms with E-state index in [0.29, 0.717) is 12.2 Å². The molecule has 24 heavy (non-hydrogen) atoms. The Balaban J connectivity index is 1.72. The number of nitrogens with one attached hydrogen (secondary N) is 2. The van der Waals surface area contributed by atoms with Crippen LogP contribution in [0, 0.1) is 0 Å². The molecule has 1 aromatic heterocycles. The Morgan fingerprint density at radius 2 is 2.04 bits per heavy atom. The summed E-state index contributed by atoms with van der Waals surface area (Å²) in [6.45, 7) is 1.95. The molecule has 8 heteroatoms. The summed E-state index contributed by atoms with van der Waals surface area (Å²) in [7, 11) is 0. The number of benzene rings is 1. The van der Waals surface area contributed by atoms with Crippen LogP contribution in [0.4, 0.5) is 11.4 Å². The van der Waals surface area contributed by atoms with Crippen LogP contribution in [0.3, 0.4) is 0 Å². The maximum absolute atomic E-state index is 12.1. The number of anilines is 2. The predicted octanol–water partition coefficient (Wildman–Crippen LogP) is 0.0843. The Kier molecular flexibility index (Phi) is 4.03. The molecular formula is C16H16N4O4. The highest BCUT2D eigenvalue weighted by atomic mass is 16.2. The molecule has 0 saturated heterocycles. The zero-order valence-electron chi connectivity index (χ0n) is 13.0. The fraction of sp³-hybridized carbons (Fsp3) is 0.250. The number of carbonyl (C=O) groups excluding carboxylic acids is 2. The van der Waals surface area contributed by atoms with E-state index in [1.54, 1.807) is 17.0 Å². The number of hydrogen-bond acceptors (Lipinski definition) is 4. The summed E-state index contributed by atoms with van der Waals surface area (Å²) in [4.78, 5) is 50.0. The SMILES string of the molecule is CC(=O)N1CCc2cc(NC(=O)Cn3ccc(=O)[nH]c3=O)ccc21. The molecule has 2 heterocycles. The second kappa shape index (κ2) is 6.15. The molecule has 2 aromatic rings. The van der Waals surface area contributed by atoms with Gasteiger partial charge in [0.2, 0.25) is 11.8 Å². The Morgan fingerprint density at radius 3 is 2.75 bits per heavy atom. The maximum Gasteiger partial charge on any atom is 0.328 e. The zero-order valence-corrected chi connectivity index (χ0v) is 13.0. The van der Waals surface area contributed by atoms with Crippen molar-refractivity contribution in [3.63, 3.8) is 0 Å². The standard InChI is InChI=1S/C16H16N4O4/c1-10(21)20-7-4-11-8-12(2-3-13(11)20)17-15(23)9-19-6-5-14(22)18-16(19)24/h2-3,5-6,8H,4,7,9H2,1H3,(H,17,23)(H,18,22,24). The van der Waals surface area contributed by atoms with Crippen LogP contribution in [0.1, 0.15) is 12.5 Å². The van der Waals surface area contributed by atoms with Crippen LogP contribution in [0.15, 0.2) is 40.1 Å². The normalized spacial score (nSPS) is 12.8. The number of fused-ring (bicyclic) bond motifs is 1. The van der Waals surface area contributed by atoms with Gasteiger partial charge < -0.3 is 10.2 Å². The highest BCUT2D eigenvalue weighted by Crippen LogP contribution is 2.30. The summed E-state index contributed by atoms with van der Waals surface area (Å²) >= 11 is 0. The lowest BCUT2D eigenvalue weighted by atomic mass is 10.1. The lowest BCUT2D eigenvalue weighted by Gasteiger charge is -2.15. The van der Waals surface area contributed by atoms with Gasteiger partial charge >= 0.3 is 5.69 Å². The van der Waals surface area contributed by atoms with Crippen LogP contribution in [0.5, 0.6) is 0 Å². The van der Waals surface area contributed by atoms with Gasteiger partial charge in [0.25, 0.3) is 5.56 Å². The molecule has 0 saturated carbocycles. The molecule has 124 valence electrons. The first-order valence-corrected chi connectivity index (χ1v) is 7.45. The average molecular weight is 328 g/mol. The summed E-state index contributed by atoms with van der Waals surface area (Å²) in [5.74, 6) is -0.395. The first-order valence-electron chi connectivity index (χ1n) is 7.45. The molecular weight excluding hydrogens is 312 g/mol. The summed E-state index contributed by atoms with van der Waals surface area (Å²) < 4.78 is 1.11. The minimum atomic E-state index is -0.635. The zero-order chi connectivity index (χ0) is 17.3. The van der Waals surface area contributed by atoms with Crippen LogP contribution in [0.25, 0.3) is 0 Å². The number of hydrogen-bond donors (Lipinski definition) is 2. The summed E-state index contributed by atoms with van der Waals surface area (Å²) in [5.41, 5.74) is 1.30. The van der Waals surface area contributed by atoms with Crippen LogP contribution < -0.4 is 21.5 Å². The van der Waals surface area contributed by atoms with Crippen molar-refractivity contribution < 1.29 is 9.59 Å². The Labute approximate surface area is 136 Å². The fourth-order valence-corrected chi connectivity index (χ4v) is 2.73. The van der Waals surface area contributed by atoms with E-state index < -0.39 is 11.2 Å². The molecule has 1 aromatic carbocycles. The van der Waals surface area contributed by atoms with Crippen LogP contribution in [-0.4, -0.2) is 27.9 Å². The van der Waals surface area contributed by atoms with Crippen LogP contribution in [0.2, 0.25) is 0 Å². The Morgan fingerprint density at radius 1 is 1.25 bits per heavy atom. The third-order valence-corrected chi connectivity index (χ3v) is 3.85.